The maximum atomic E-state index is 8.81. The minimum Gasteiger partial charge on any atom is -0.396 e. The van der Waals surface area contributed by atoms with Gasteiger partial charge in [0.25, 0.3) is 0 Å². The Morgan fingerprint density at radius 3 is 1.58 bits per heavy atom. The van der Waals surface area contributed by atoms with Crippen LogP contribution in [0.2, 0.25) is 0 Å². The van der Waals surface area contributed by atoms with Crippen molar-refractivity contribution in [1.29, 1.82) is 0 Å². The van der Waals surface area contributed by atoms with Crippen molar-refractivity contribution >= 4 is 0 Å². The number of aliphatic hydroxyl groups is 5. The minimum atomic E-state index is -1.46. The van der Waals surface area contributed by atoms with E-state index in [0.29, 0.717) is 0 Å². The van der Waals surface area contributed by atoms with Crippen LogP contribution in [0.3, 0.4) is 0 Å². The van der Waals surface area contributed by atoms with E-state index in [-0.39, 0.29) is 32.7 Å². The Balaban J connectivity index is 3.93. The van der Waals surface area contributed by atoms with Crippen LogP contribution in [0, 0.1) is 5.41 Å². The van der Waals surface area contributed by atoms with E-state index in [4.69, 9.17) is 25.5 Å². The average Bonchev–Trinajstić information content (AvgIpc) is 2.08. The number of hydrogen-bond donors (Lipinski definition) is 5. The highest BCUT2D eigenvalue weighted by Crippen LogP contribution is 2.22. The van der Waals surface area contributed by atoms with Crippen molar-refractivity contribution in [3.63, 3.8) is 0 Å². The van der Waals surface area contributed by atoms with Crippen LogP contribution in [0.5, 0.6) is 0 Å². The van der Waals surface area contributed by atoms with Crippen molar-refractivity contribution in [2.75, 3.05) is 19.8 Å². The predicted molar refractivity (Wildman–Crippen MR) is 41.2 cm³/mol. The van der Waals surface area contributed by atoms with Crippen LogP contribution in [0.15, 0.2) is 0 Å². The lowest BCUT2D eigenvalue weighted by Gasteiger charge is -2.27. The van der Waals surface area contributed by atoms with Crippen molar-refractivity contribution in [2.24, 2.45) is 5.41 Å². The molecule has 0 aliphatic carbocycles. The highest BCUT2D eigenvalue weighted by atomic mass is 16.5. The van der Waals surface area contributed by atoms with Crippen LogP contribution < -0.4 is 0 Å². The van der Waals surface area contributed by atoms with Crippen LogP contribution in [0.1, 0.15) is 12.8 Å². The molecule has 0 aliphatic rings. The molecule has 0 rings (SSSR count). The third-order valence-corrected chi connectivity index (χ3v) is 1.94. The van der Waals surface area contributed by atoms with Crippen molar-refractivity contribution < 1.29 is 25.5 Å². The van der Waals surface area contributed by atoms with Gasteiger partial charge >= 0.3 is 0 Å². The van der Waals surface area contributed by atoms with Gasteiger partial charge in [-0.25, -0.2) is 0 Å². The molecule has 0 aliphatic heterocycles. The molecule has 0 saturated carbocycles. The van der Waals surface area contributed by atoms with Crippen LogP contribution in [-0.2, 0) is 0 Å². The molecule has 12 heavy (non-hydrogen) atoms. The second kappa shape index (κ2) is 5.45. The summed E-state index contributed by atoms with van der Waals surface area (Å²) in [4.78, 5) is 0. The zero-order chi connectivity index (χ0) is 9.61. The van der Waals surface area contributed by atoms with Crippen molar-refractivity contribution in [3.05, 3.63) is 0 Å². The van der Waals surface area contributed by atoms with Gasteiger partial charge in [0.15, 0.2) is 6.29 Å². The summed E-state index contributed by atoms with van der Waals surface area (Å²) in [5.74, 6) is 0. The molecule has 0 heterocycles. The van der Waals surface area contributed by atoms with Gasteiger partial charge in [-0.3, -0.25) is 0 Å². The molecule has 0 atom stereocenters. The Kier molecular flexibility index (Phi) is 5.36. The fourth-order valence-corrected chi connectivity index (χ4v) is 0.822. The molecular formula is C7H16O5. The molecule has 0 unspecified atom stereocenters. The van der Waals surface area contributed by atoms with Crippen molar-refractivity contribution in [2.45, 2.75) is 19.1 Å². The summed E-state index contributed by atoms with van der Waals surface area (Å²) in [6.07, 6.45) is -1.26. The molecule has 5 N–H and O–H groups in total. The molecule has 74 valence electrons. The van der Waals surface area contributed by atoms with E-state index in [1.807, 2.05) is 0 Å². The Bertz CT molecular complexity index is 102. The Morgan fingerprint density at radius 2 is 1.33 bits per heavy atom. The molecule has 0 aromatic carbocycles. The summed E-state index contributed by atoms with van der Waals surface area (Å²) in [5, 5.41) is 43.4. The smallest absolute Gasteiger partial charge is 0.151 e. The SMILES string of the molecule is OCC(CO)(CO)CCC(O)O. The lowest BCUT2D eigenvalue weighted by atomic mass is 9.86. The van der Waals surface area contributed by atoms with E-state index < -0.39 is 11.7 Å². The molecule has 0 radical (unpaired) electrons. The number of hydrogen-bond acceptors (Lipinski definition) is 5. The van der Waals surface area contributed by atoms with Gasteiger partial charge in [-0.2, -0.15) is 0 Å². The number of aliphatic hydroxyl groups excluding tert-OH is 4. The highest BCUT2D eigenvalue weighted by Gasteiger charge is 2.28. The molecule has 0 aromatic rings. The molecule has 5 heteroatoms. The quantitative estimate of drug-likeness (QED) is 0.306. The maximum absolute atomic E-state index is 8.81. The summed E-state index contributed by atoms with van der Waals surface area (Å²) in [7, 11) is 0. The standard InChI is InChI=1S/C7H16O5/c8-3-7(4-9,5-10)2-1-6(11)12/h6,8-12H,1-5H2. The van der Waals surface area contributed by atoms with Crippen LogP contribution in [-0.4, -0.2) is 51.6 Å². The molecule has 0 spiro atoms. The normalized spacial score (nSPS) is 12.5. The lowest BCUT2D eigenvalue weighted by Crippen LogP contribution is -2.34. The van der Waals surface area contributed by atoms with E-state index in [0.717, 1.165) is 0 Å². The van der Waals surface area contributed by atoms with Gasteiger partial charge in [-0.15, -0.1) is 0 Å². The molecule has 0 saturated heterocycles. The zero-order valence-corrected chi connectivity index (χ0v) is 6.85. The maximum Gasteiger partial charge on any atom is 0.151 e. The summed E-state index contributed by atoms with van der Waals surface area (Å²) >= 11 is 0. The van der Waals surface area contributed by atoms with Crippen molar-refractivity contribution in [3.8, 4) is 0 Å². The second-order valence-electron chi connectivity index (χ2n) is 2.99. The van der Waals surface area contributed by atoms with Gasteiger partial charge in [0.1, 0.15) is 0 Å². The molecule has 0 amide bonds. The first-order valence-electron chi connectivity index (χ1n) is 3.79. The first-order chi connectivity index (χ1) is 5.60. The topological polar surface area (TPSA) is 101 Å². The van der Waals surface area contributed by atoms with E-state index in [2.05, 4.69) is 0 Å². The summed E-state index contributed by atoms with van der Waals surface area (Å²) in [5.41, 5.74) is -0.996. The first kappa shape index (κ1) is 11.8. The van der Waals surface area contributed by atoms with Gasteiger partial charge in [0.05, 0.1) is 19.8 Å². The van der Waals surface area contributed by atoms with Gasteiger partial charge in [-0.1, -0.05) is 0 Å². The molecule has 0 bridgehead atoms. The van der Waals surface area contributed by atoms with Gasteiger partial charge in [-0.05, 0) is 12.8 Å². The largest absolute Gasteiger partial charge is 0.396 e. The van der Waals surface area contributed by atoms with Gasteiger partial charge in [0, 0.05) is 5.41 Å². The summed E-state index contributed by atoms with van der Waals surface area (Å²) in [6.45, 7) is -1.11. The van der Waals surface area contributed by atoms with E-state index in [9.17, 15) is 0 Å². The van der Waals surface area contributed by atoms with Gasteiger partial charge < -0.3 is 25.5 Å². The molecule has 0 aromatic heterocycles. The van der Waals surface area contributed by atoms with E-state index in [1.165, 1.54) is 0 Å². The van der Waals surface area contributed by atoms with Crippen molar-refractivity contribution in [1.82, 2.24) is 0 Å². The lowest BCUT2D eigenvalue weighted by molar-refractivity contribution is -0.0695. The van der Waals surface area contributed by atoms with Crippen LogP contribution in [0.25, 0.3) is 0 Å². The molecule has 5 nitrogen and oxygen atoms in total. The Hall–Kier alpha value is -0.200. The zero-order valence-electron chi connectivity index (χ0n) is 6.85. The van der Waals surface area contributed by atoms with Crippen LogP contribution >= 0.6 is 0 Å². The average molecular weight is 180 g/mol. The fraction of sp³-hybridized carbons (Fsp3) is 1.00. The highest BCUT2D eigenvalue weighted by molar-refractivity contribution is 4.76. The fourth-order valence-electron chi connectivity index (χ4n) is 0.822. The molecular weight excluding hydrogens is 164 g/mol. The van der Waals surface area contributed by atoms with E-state index in [1.54, 1.807) is 0 Å². The van der Waals surface area contributed by atoms with E-state index >= 15 is 0 Å². The monoisotopic (exact) mass is 180 g/mol. The van der Waals surface area contributed by atoms with Gasteiger partial charge in [0.2, 0.25) is 0 Å². The summed E-state index contributed by atoms with van der Waals surface area (Å²) < 4.78 is 0. The predicted octanol–water partition coefficient (Wildman–Crippen LogP) is -1.96. The first-order valence-corrected chi connectivity index (χ1v) is 3.79. The number of rotatable bonds is 6. The third kappa shape index (κ3) is 3.46. The minimum absolute atomic E-state index is 0.0294. The Labute approximate surface area is 70.9 Å². The summed E-state index contributed by atoms with van der Waals surface area (Å²) in [6, 6.07) is 0. The third-order valence-electron chi connectivity index (χ3n) is 1.94. The van der Waals surface area contributed by atoms with Crippen LogP contribution in [0.4, 0.5) is 0 Å². The molecule has 0 fully saturated rings. The Morgan fingerprint density at radius 1 is 0.917 bits per heavy atom. The second-order valence-corrected chi connectivity index (χ2v) is 2.99.